The Labute approximate surface area is 125 Å². The molecule has 1 fully saturated rings. The van der Waals surface area contributed by atoms with Gasteiger partial charge in [0.2, 0.25) is 0 Å². The van der Waals surface area contributed by atoms with Crippen LogP contribution in [0.1, 0.15) is 44.1 Å². The summed E-state index contributed by atoms with van der Waals surface area (Å²) in [6.07, 6.45) is 7.78. The fourth-order valence-corrected chi connectivity index (χ4v) is 3.37. The quantitative estimate of drug-likeness (QED) is 0.806. The molecule has 0 saturated heterocycles. The molecule has 0 aromatic heterocycles. The summed E-state index contributed by atoms with van der Waals surface area (Å²) in [7, 11) is 2.12. The van der Waals surface area contributed by atoms with Crippen molar-refractivity contribution in [2.24, 2.45) is 0 Å². The molecule has 0 atom stereocenters. The Hall–Kier alpha value is -0.440. The lowest BCUT2D eigenvalue weighted by atomic mass is 10.1. The molecule has 1 saturated carbocycles. The maximum absolute atomic E-state index is 10.0. The van der Waals surface area contributed by atoms with Gasteiger partial charge in [-0.3, -0.25) is 4.90 Å². The maximum atomic E-state index is 10.0. The summed E-state index contributed by atoms with van der Waals surface area (Å²) >= 11 is 12.0. The van der Waals surface area contributed by atoms with E-state index < -0.39 is 0 Å². The molecular formula is C15H21Cl2NO. The second kappa shape index (κ2) is 6.83. The topological polar surface area (TPSA) is 23.5 Å². The van der Waals surface area contributed by atoms with Crippen molar-refractivity contribution in [2.45, 2.75) is 51.1 Å². The molecule has 1 aliphatic rings. The molecule has 0 spiro atoms. The Morgan fingerprint density at radius 2 is 1.79 bits per heavy atom. The third-order valence-electron chi connectivity index (χ3n) is 3.97. The highest BCUT2D eigenvalue weighted by Crippen LogP contribution is 2.32. The molecule has 0 bridgehead atoms. The smallest absolute Gasteiger partial charge is 0.138 e. The standard InChI is InChI=1S/C15H21Cl2NO/c1-18(13-6-4-2-3-5-7-13)10-11-8-12(16)9-14(17)15(11)19/h8-9,13,19H,2-7,10H2,1H3. The molecular weight excluding hydrogens is 281 g/mol. The van der Waals surface area contributed by atoms with E-state index in [2.05, 4.69) is 11.9 Å². The predicted molar refractivity (Wildman–Crippen MR) is 81.1 cm³/mol. The van der Waals surface area contributed by atoms with Gasteiger partial charge in [0.25, 0.3) is 0 Å². The molecule has 4 heteroatoms. The Balaban J connectivity index is 2.07. The zero-order valence-corrected chi connectivity index (χ0v) is 12.8. The normalized spacial score (nSPS) is 17.7. The van der Waals surface area contributed by atoms with Gasteiger partial charge in [-0.1, -0.05) is 48.9 Å². The highest BCUT2D eigenvalue weighted by atomic mass is 35.5. The van der Waals surface area contributed by atoms with Gasteiger partial charge in [0.05, 0.1) is 5.02 Å². The Kier molecular flexibility index (Phi) is 5.37. The molecule has 0 heterocycles. The van der Waals surface area contributed by atoms with Crippen LogP contribution in [0.4, 0.5) is 0 Å². The van der Waals surface area contributed by atoms with Crippen molar-refractivity contribution in [1.82, 2.24) is 4.90 Å². The second-order valence-electron chi connectivity index (χ2n) is 5.46. The first-order valence-corrected chi connectivity index (χ1v) is 7.70. The van der Waals surface area contributed by atoms with Crippen LogP contribution in [0.2, 0.25) is 10.0 Å². The number of rotatable bonds is 3. The molecule has 0 aliphatic heterocycles. The maximum Gasteiger partial charge on any atom is 0.138 e. The van der Waals surface area contributed by atoms with E-state index in [1.807, 2.05) is 0 Å². The van der Waals surface area contributed by atoms with Gasteiger partial charge in [-0.25, -0.2) is 0 Å². The summed E-state index contributed by atoms with van der Waals surface area (Å²) in [5, 5.41) is 10.9. The van der Waals surface area contributed by atoms with Crippen LogP contribution in [0.3, 0.4) is 0 Å². The summed E-state index contributed by atoms with van der Waals surface area (Å²) in [6, 6.07) is 3.98. The van der Waals surface area contributed by atoms with Crippen LogP contribution >= 0.6 is 23.2 Å². The molecule has 2 nitrogen and oxygen atoms in total. The molecule has 19 heavy (non-hydrogen) atoms. The second-order valence-corrected chi connectivity index (χ2v) is 6.30. The van der Waals surface area contributed by atoms with Gasteiger partial charge in [-0.2, -0.15) is 0 Å². The van der Waals surface area contributed by atoms with Gasteiger partial charge in [-0.05, 0) is 32.0 Å². The third kappa shape index (κ3) is 4.01. The van der Waals surface area contributed by atoms with Gasteiger partial charge < -0.3 is 5.11 Å². The summed E-state index contributed by atoms with van der Waals surface area (Å²) in [5.41, 5.74) is 0.809. The first kappa shape index (κ1) is 15.0. The molecule has 0 radical (unpaired) electrons. The fraction of sp³-hybridized carbons (Fsp3) is 0.600. The van der Waals surface area contributed by atoms with Crippen LogP contribution in [-0.2, 0) is 6.54 Å². The minimum absolute atomic E-state index is 0.159. The molecule has 0 amide bonds. The number of aromatic hydroxyl groups is 1. The minimum atomic E-state index is 0.159. The molecule has 1 N–H and O–H groups in total. The van der Waals surface area contributed by atoms with E-state index in [1.165, 1.54) is 38.5 Å². The molecule has 1 aromatic carbocycles. The van der Waals surface area contributed by atoms with Crippen molar-refractivity contribution in [1.29, 1.82) is 0 Å². The monoisotopic (exact) mass is 301 g/mol. The van der Waals surface area contributed by atoms with Crippen LogP contribution in [0.25, 0.3) is 0 Å². The summed E-state index contributed by atoms with van der Waals surface area (Å²) in [5.74, 6) is 0.159. The van der Waals surface area contributed by atoms with Crippen LogP contribution in [-0.4, -0.2) is 23.1 Å². The molecule has 1 aromatic rings. The number of phenolic OH excluding ortho intramolecular Hbond substituents is 1. The lowest BCUT2D eigenvalue weighted by molar-refractivity contribution is 0.211. The predicted octanol–water partition coefficient (Wildman–Crippen LogP) is 4.85. The van der Waals surface area contributed by atoms with Crippen molar-refractivity contribution in [2.75, 3.05) is 7.05 Å². The lowest BCUT2D eigenvalue weighted by Gasteiger charge is -2.27. The van der Waals surface area contributed by atoms with E-state index in [0.29, 0.717) is 22.6 Å². The highest BCUT2D eigenvalue weighted by molar-refractivity contribution is 6.35. The lowest BCUT2D eigenvalue weighted by Crippen LogP contribution is -2.30. The van der Waals surface area contributed by atoms with Gasteiger partial charge in [0.15, 0.2) is 0 Å². The first-order valence-electron chi connectivity index (χ1n) is 6.95. The van der Waals surface area contributed by atoms with Gasteiger partial charge in [-0.15, -0.1) is 0 Å². The Morgan fingerprint density at radius 1 is 1.16 bits per heavy atom. The Morgan fingerprint density at radius 3 is 2.42 bits per heavy atom. The summed E-state index contributed by atoms with van der Waals surface area (Å²) < 4.78 is 0. The highest BCUT2D eigenvalue weighted by Gasteiger charge is 2.18. The zero-order chi connectivity index (χ0) is 13.8. The van der Waals surface area contributed by atoms with Crippen molar-refractivity contribution in [3.05, 3.63) is 27.7 Å². The molecule has 106 valence electrons. The fourth-order valence-electron chi connectivity index (χ4n) is 2.84. The average Bonchev–Trinajstić information content (AvgIpc) is 2.64. The number of hydrogen-bond acceptors (Lipinski definition) is 2. The zero-order valence-electron chi connectivity index (χ0n) is 11.3. The van der Waals surface area contributed by atoms with Crippen molar-refractivity contribution >= 4 is 23.2 Å². The van der Waals surface area contributed by atoms with Crippen LogP contribution in [0, 0.1) is 0 Å². The average molecular weight is 302 g/mol. The van der Waals surface area contributed by atoms with Crippen LogP contribution in [0.15, 0.2) is 12.1 Å². The number of benzene rings is 1. The van der Waals surface area contributed by atoms with E-state index in [0.717, 1.165) is 5.56 Å². The molecule has 1 aliphatic carbocycles. The van der Waals surface area contributed by atoms with Crippen LogP contribution < -0.4 is 0 Å². The largest absolute Gasteiger partial charge is 0.506 e. The Bertz CT molecular complexity index is 428. The van der Waals surface area contributed by atoms with Gasteiger partial charge >= 0.3 is 0 Å². The van der Waals surface area contributed by atoms with E-state index in [4.69, 9.17) is 23.2 Å². The van der Waals surface area contributed by atoms with Crippen molar-refractivity contribution < 1.29 is 5.11 Å². The van der Waals surface area contributed by atoms with E-state index in [9.17, 15) is 5.11 Å². The molecule has 2 rings (SSSR count). The minimum Gasteiger partial charge on any atom is -0.506 e. The van der Waals surface area contributed by atoms with Crippen molar-refractivity contribution in [3.8, 4) is 5.75 Å². The third-order valence-corrected chi connectivity index (χ3v) is 4.48. The first-order chi connectivity index (χ1) is 9.08. The number of hydrogen-bond donors (Lipinski definition) is 1. The molecule has 0 unspecified atom stereocenters. The van der Waals surface area contributed by atoms with E-state index in [-0.39, 0.29) is 5.75 Å². The van der Waals surface area contributed by atoms with Crippen molar-refractivity contribution in [3.63, 3.8) is 0 Å². The van der Waals surface area contributed by atoms with Crippen LogP contribution in [0.5, 0.6) is 5.75 Å². The number of halogens is 2. The number of nitrogens with zero attached hydrogens (tertiary/aromatic N) is 1. The summed E-state index contributed by atoms with van der Waals surface area (Å²) in [6.45, 7) is 0.691. The number of phenols is 1. The van der Waals surface area contributed by atoms with E-state index in [1.54, 1.807) is 12.1 Å². The SMILES string of the molecule is CN(Cc1cc(Cl)cc(Cl)c1O)C1CCCCCC1. The van der Waals surface area contributed by atoms with Gasteiger partial charge in [0, 0.05) is 23.2 Å². The summed E-state index contributed by atoms with van der Waals surface area (Å²) in [4.78, 5) is 2.31. The van der Waals surface area contributed by atoms with E-state index >= 15 is 0 Å². The van der Waals surface area contributed by atoms with Gasteiger partial charge in [0.1, 0.15) is 5.75 Å².